The first-order valence-corrected chi connectivity index (χ1v) is 12.4. The molecule has 1 fully saturated rings. The maximum absolute atomic E-state index is 13.5. The molecule has 2 amide bonds. The Hall–Kier alpha value is -3.40. The number of anilines is 2. The number of fused-ring (bicyclic) bond motifs is 4. The Morgan fingerprint density at radius 3 is 2.73 bits per heavy atom. The van der Waals surface area contributed by atoms with Crippen LogP contribution in [0.5, 0.6) is 5.75 Å². The summed E-state index contributed by atoms with van der Waals surface area (Å²) in [6.45, 7) is 0.701. The molecule has 2 aromatic rings. The van der Waals surface area contributed by atoms with Gasteiger partial charge in [-0.2, -0.15) is 8.42 Å². The van der Waals surface area contributed by atoms with Crippen molar-refractivity contribution in [3.63, 3.8) is 0 Å². The van der Waals surface area contributed by atoms with E-state index in [2.05, 4.69) is 9.71 Å². The zero-order chi connectivity index (χ0) is 23.2. The SMILES string of the molecule is CNC(=O)C1CN(C(=O)c2ccc3c(c2)S(=O)(=O)N=C2CCCCCN23)c2ccccc2O1. The number of para-hydroxylation sites is 2. The number of carbonyl (C=O) groups excluding carboxylic acids is 2. The smallest absolute Gasteiger partial charge is 0.286 e. The van der Waals surface area contributed by atoms with Crippen LogP contribution < -0.4 is 19.9 Å². The summed E-state index contributed by atoms with van der Waals surface area (Å²) in [4.78, 5) is 29.2. The number of benzene rings is 2. The Labute approximate surface area is 192 Å². The second-order valence-electron chi connectivity index (χ2n) is 8.23. The Morgan fingerprint density at radius 1 is 1.09 bits per heavy atom. The first-order chi connectivity index (χ1) is 15.9. The van der Waals surface area contributed by atoms with E-state index >= 15 is 0 Å². The third-order valence-corrected chi connectivity index (χ3v) is 7.49. The molecule has 3 aliphatic rings. The maximum atomic E-state index is 13.5. The van der Waals surface area contributed by atoms with Gasteiger partial charge in [-0.1, -0.05) is 18.6 Å². The highest BCUT2D eigenvalue weighted by Gasteiger charge is 2.36. The van der Waals surface area contributed by atoms with Crippen LogP contribution in [-0.2, 0) is 14.8 Å². The molecule has 0 saturated carbocycles. The van der Waals surface area contributed by atoms with Gasteiger partial charge < -0.3 is 19.9 Å². The molecule has 172 valence electrons. The van der Waals surface area contributed by atoms with Gasteiger partial charge in [0.2, 0.25) is 0 Å². The quantitative estimate of drug-likeness (QED) is 0.725. The van der Waals surface area contributed by atoms with Gasteiger partial charge >= 0.3 is 0 Å². The fraction of sp³-hybridized carbons (Fsp3) is 0.348. The molecule has 0 radical (unpaired) electrons. The van der Waals surface area contributed by atoms with E-state index < -0.39 is 22.0 Å². The van der Waals surface area contributed by atoms with E-state index in [0.29, 0.717) is 35.9 Å². The number of amidine groups is 1. The van der Waals surface area contributed by atoms with E-state index in [1.165, 1.54) is 18.0 Å². The molecule has 0 aliphatic carbocycles. The summed E-state index contributed by atoms with van der Waals surface area (Å²) in [7, 11) is -2.41. The summed E-state index contributed by atoms with van der Waals surface area (Å²) in [6, 6.07) is 11.7. The molecule has 9 nitrogen and oxygen atoms in total. The van der Waals surface area contributed by atoms with Crippen LogP contribution in [-0.4, -0.2) is 52.3 Å². The van der Waals surface area contributed by atoms with Crippen LogP contribution in [0, 0.1) is 0 Å². The van der Waals surface area contributed by atoms with E-state index in [1.807, 2.05) is 4.90 Å². The van der Waals surface area contributed by atoms with Crippen molar-refractivity contribution in [3.8, 4) is 5.75 Å². The van der Waals surface area contributed by atoms with Crippen molar-refractivity contribution in [2.24, 2.45) is 4.40 Å². The number of carbonyl (C=O) groups is 2. The summed E-state index contributed by atoms with van der Waals surface area (Å²) in [5.74, 6) is 0.214. The van der Waals surface area contributed by atoms with Crippen LogP contribution in [0.15, 0.2) is 51.8 Å². The van der Waals surface area contributed by atoms with Crippen molar-refractivity contribution in [3.05, 3.63) is 48.0 Å². The van der Waals surface area contributed by atoms with Gasteiger partial charge in [0.1, 0.15) is 16.5 Å². The molecule has 1 N–H and O–H groups in total. The van der Waals surface area contributed by atoms with Gasteiger partial charge in [-0.05, 0) is 43.2 Å². The van der Waals surface area contributed by atoms with E-state index in [9.17, 15) is 18.0 Å². The topological polar surface area (TPSA) is 108 Å². The van der Waals surface area contributed by atoms with Crippen molar-refractivity contribution in [2.75, 3.05) is 29.9 Å². The fourth-order valence-corrected chi connectivity index (χ4v) is 5.78. The van der Waals surface area contributed by atoms with Gasteiger partial charge in [0, 0.05) is 25.6 Å². The van der Waals surface area contributed by atoms with Crippen molar-refractivity contribution in [1.29, 1.82) is 0 Å². The Kier molecular flexibility index (Phi) is 5.32. The zero-order valence-corrected chi connectivity index (χ0v) is 19.0. The number of amides is 2. The van der Waals surface area contributed by atoms with E-state index in [1.54, 1.807) is 36.4 Å². The minimum absolute atomic E-state index is 0.00772. The lowest BCUT2D eigenvalue weighted by molar-refractivity contribution is -0.127. The second-order valence-corrected chi connectivity index (χ2v) is 9.80. The minimum atomic E-state index is -3.92. The molecule has 0 bridgehead atoms. The van der Waals surface area contributed by atoms with Crippen LogP contribution in [0.2, 0.25) is 0 Å². The molecule has 3 aliphatic heterocycles. The van der Waals surface area contributed by atoms with E-state index in [-0.39, 0.29) is 22.9 Å². The first-order valence-electron chi connectivity index (χ1n) is 10.9. The van der Waals surface area contributed by atoms with Gasteiger partial charge in [0.25, 0.3) is 21.8 Å². The number of nitrogens with one attached hydrogen (secondary N) is 1. The van der Waals surface area contributed by atoms with Crippen molar-refractivity contribution in [2.45, 2.75) is 36.7 Å². The summed E-state index contributed by atoms with van der Waals surface area (Å²) in [5, 5.41) is 2.55. The summed E-state index contributed by atoms with van der Waals surface area (Å²) >= 11 is 0. The average Bonchev–Trinajstić information content (AvgIpc) is 3.07. The standard InChI is InChI=1S/C23H24N4O5S/c1-24-22(28)19-14-27(16-7-4-5-8-18(16)32-19)23(29)15-10-11-17-20(13-15)33(30,31)25-21-9-3-2-6-12-26(17)21/h4-5,7-8,10-11,13,19H,2-3,6,9,12,14H2,1H3,(H,24,28). The summed E-state index contributed by atoms with van der Waals surface area (Å²) in [5.41, 5.74) is 1.29. The predicted molar refractivity (Wildman–Crippen MR) is 123 cm³/mol. The molecule has 5 rings (SSSR count). The molecule has 1 unspecified atom stereocenters. The first kappa shape index (κ1) is 21.4. The van der Waals surface area contributed by atoms with Crippen LogP contribution in [0.1, 0.15) is 36.0 Å². The normalized spacial score (nSPS) is 20.9. The van der Waals surface area contributed by atoms with Crippen molar-refractivity contribution in [1.82, 2.24) is 5.32 Å². The molecule has 33 heavy (non-hydrogen) atoms. The van der Waals surface area contributed by atoms with Gasteiger partial charge in [0.05, 0.1) is 17.9 Å². The van der Waals surface area contributed by atoms with Crippen LogP contribution in [0.3, 0.4) is 0 Å². The number of likely N-dealkylation sites (N-methyl/N-ethyl adjacent to an activating group) is 1. The molecule has 10 heteroatoms. The summed E-state index contributed by atoms with van der Waals surface area (Å²) < 4.78 is 35.7. The average molecular weight is 469 g/mol. The van der Waals surface area contributed by atoms with Gasteiger partial charge in [-0.15, -0.1) is 4.40 Å². The maximum Gasteiger partial charge on any atom is 0.286 e. The third kappa shape index (κ3) is 3.74. The molecule has 0 spiro atoms. The van der Waals surface area contributed by atoms with Gasteiger partial charge in [-0.3, -0.25) is 9.59 Å². The molecule has 1 atom stereocenters. The molecular weight excluding hydrogens is 444 g/mol. The highest BCUT2D eigenvalue weighted by Crippen LogP contribution is 2.37. The van der Waals surface area contributed by atoms with Crippen LogP contribution in [0.25, 0.3) is 0 Å². The molecule has 0 aromatic heterocycles. The minimum Gasteiger partial charge on any atom is -0.477 e. The van der Waals surface area contributed by atoms with E-state index in [0.717, 1.165) is 19.3 Å². The number of rotatable bonds is 2. The lowest BCUT2D eigenvalue weighted by Crippen LogP contribution is -2.50. The lowest BCUT2D eigenvalue weighted by atomic mass is 10.1. The predicted octanol–water partition coefficient (Wildman–Crippen LogP) is 2.32. The third-order valence-electron chi connectivity index (χ3n) is 6.15. The second kappa shape index (κ2) is 8.18. The fourth-order valence-electron chi connectivity index (χ4n) is 4.49. The van der Waals surface area contributed by atoms with Crippen LogP contribution >= 0.6 is 0 Å². The van der Waals surface area contributed by atoms with Crippen LogP contribution in [0.4, 0.5) is 11.4 Å². The zero-order valence-electron chi connectivity index (χ0n) is 18.2. The van der Waals surface area contributed by atoms with Crippen molar-refractivity contribution < 1.29 is 22.7 Å². The van der Waals surface area contributed by atoms with Gasteiger partial charge in [0.15, 0.2) is 6.10 Å². The Bertz CT molecular complexity index is 1270. The number of hydrogen-bond acceptors (Lipinski definition) is 6. The molecule has 3 heterocycles. The summed E-state index contributed by atoms with van der Waals surface area (Å²) in [6.07, 6.45) is 2.61. The van der Waals surface area contributed by atoms with Crippen molar-refractivity contribution >= 4 is 39.0 Å². The Morgan fingerprint density at radius 2 is 1.91 bits per heavy atom. The number of nitrogens with zero attached hydrogens (tertiary/aromatic N) is 3. The van der Waals surface area contributed by atoms with Gasteiger partial charge in [-0.25, -0.2) is 0 Å². The monoisotopic (exact) mass is 468 g/mol. The molecular formula is C23H24N4O5S. The highest BCUT2D eigenvalue weighted by atomic mass is 32.2. The molecule has 1 saturated heterocycles. The number of sulfonamides is 1. The Balaban J connectivity index is 1.54. The largest absolute Gasteiger partial charge is 0.477 e. The number of ether oxygens (including phenoxy) is 1. The highest BCUT2D eigenvalue weighted by molar-refractivity contribution is 7.90. The lowest BCUT2D eigenvalue weighted by Gasteiger charge is -2.34. The number of hydrogen-bond donors (Lipinski definition) is 1. The van der Waals surface area contributed by atoms with E-state index in [4.69, 9.17) is 4.74 Å². The molecule has 2 aromatic carbocycles.